The Morgan fingerprint density at radius 3 is 2.53 bits per heavy atom. The third-order valence-electron chi connectivity index (χ3n) is 6.62. The smallest absolute Gasteiger partial charge is 0.263 e. The molecule has 43 heavy (non-hydrogen) atoms. The number of benzene rings is 2. The van der Waals surface area contributed by atoms with Crippen molar-refractivity contribution < 1.29 is 31.9 Å². The highest BCUT2D eigenvalue weighted by molar-refractivity contribution is 7.92. The van der Waals surface area contributed by atoms with E-state index in [1.54, 1.807) is 31.4 Å². The molecule has 0 saturated carbocycles. The van der Waals surface area contributed by atoms with Crippen molar-refractivity contribution in [2.24, 2.45) is 0 Å². The van der Waals surface area contributed by atoms with Crippen LogP contribution < -0.4 is 14.2 Å². The number of anilines is 1. The molecular formula is C30H32ClN3O7S2. The standard InChI is InChI=1S/C30H31N3O7S2.ClH/c1-21-18-30(31-40-21)32-42(35,36)24-8-5-22(6-9-24)26(34)10-7-23-19-25(29-4-3-17-41-29)28(37-2)20-27(23)39-16-13-33-11-14-38-15-12-33;/h3-10,17-20H,11-16H2,1-2H3,(H,31,32);1H/b10-7+;. The number of nitrogens with one attached hydrogen (secondary N) is 1. The van der Waals surface area contributed by atoms with Crippen LogP contribution in [0.5, 0.6) is 11.5 Å². The summed E-state index contributed by atoms with van der Waals surface area (Å²) >= 11 is 1.59. The first-order valence-electron chi connectivity index (χ1n) is 13.3. The van der Waals surface area contributed by atoms with Crippen LogP contribution in [0.1, 0.15) is 21.7 Å². The maximum Gasteiger partial charge on any atom is 0.263 e. The summed E-state index contributed by atoms with van der Waals surface area (Å²) in [5, 5.41) is 5.65. The molecule has 3 heterocycles. The first-order valence-corrected chi connectivity index (χ1v) is 15.7. The summed E-state index contributed by atoms with van der Waals surface area (Å²) in [7, 11) is -2.27. The SMILES string of the molecule is COc1cc(OCCN2CCOCC2)c(/C=C/C(=O)c2ccc(S(=O)(=O)Nc3cc(C)on3)cc2)cc1-c1cccs1.Cl. The molecule has 0 unspecified atom stereocenters. The van der Waals surface area contributed by atoms with Crippen LogP contribution in [0.25, 0.3) is 16.5 Å². The maximum atomic E-state index is 13.1. The Bertz CT molecular complexity index is 1650. The van der Waals surface area contributed by atoms with E-state index in [1.807, 2.05) is 29.6 Å². The molecule has 0 spiro atoms. The van der Waals surface area contributed by atoms with Gasteiger partial charge >= 0.3 is 0 Å². The fraction of sp³-hybridized carbons (Fsp3) is 0.267. The van der Waals surface area contributed by atoms with Crippen LogP contribution >= 0.6 is 23.7 Å². The zero-order valence-electron chi connectivity index (χ0n) is 23.6. The molecule has 0 atom stereocenters. The first kappa shape index (κ1) is 32.2. The van der Waals surface area contributed by atoms with Crippen LogP contribution in [0.4, 0.5) is 5.82 Å². The van der Waals surface area contributed by atoms with Gasteiger partial charge in [0.1, 0.15) is 23.9 Å². The number of aryl methyl sites for hydroxylation is 1. The Labute approximate surface area is 260 Å². The number of ketones is 1. The van der Waals surface area contributed by atoms with Crippen LogP contribution in [-0.2, 0) is 14.8 Å². The zero-order chi connectivity index (χ0) is 29.5. The highest BCUT2D eigenvalue weighted by atomic mass is 35.5. The average molecular weight is 646 g/mol. The Balaban J connectivity index is 0.00000423. The molecule has 4 aromatic rings. The van der Waals surface area contributed by atoms with Crippen LogP contribution in [0, 0.1) is 6.92 Å². The van der Waals surface area contributed by atoms with E-state index in [9.17, 15) is 13.2 Å². The average Bonchev–Trinajstić information content (AvgIpc) is 3.68. The number of methoxy groups -OCH3 is 1. The van der Waals surface area contributed by atoms with E-state index in [0.717, 1.165) is 35.6 Å². The van der Waals surface area contributed by atoms with E-state index in [-0.39, 0.29) is 28.9 Å². The second kappa shape index (κ2) is 14.7. The van der Waals surface area contributed by atoms with E-state index < -0.39 is 10.0 Å². The minimum atomic E-state index is -3.89. The van der Waals surface area contributed by atoms with E-state index in [4.69, 9.17) is 18.7 Å². The largest absolute Gasteiger partial charge is 0.496 e. The number of thiophene rings is 1. The van der Waals surface area contributed by atoms with E-state index in [1.165, 1.54) is 36.4 Å². The second-order valence-corrected chi connectivity index (χ2v) is 12.2. The molecule has 5 rings (SSSR count). The van der Waals surface area contributed by atoms with Gasteiger partial charge in [0.25, 0.3) is 10.0 Å². The molecule has 0 amide bonds. The van der Waals surface area contributed by atoms with Gasteiger partial charge in [0, 0.05) is 53.3 Å². The lowest BCUT2D eigenvalue weighted by atomic mass is 10.0. The van der Waals surface area contributed by atoms with Crippen molar-refractivity contribution in [1.29, 1.82) is 0 Å². The molecule has 1 saturated heterocycles. The quantitative estimate of drug-likeness (QED) is 0.156. The van der Waals surface area contributed by atoms with Gasteiger partial charge in [-0.2, -0.15) is 0 Å². The first-order chi connectivity index (χ1) is 20.3. The summed E-state index contributed by atoms with van der Waals surface area (Å²) in [4.78, 5) is 16.4. The monoisotopic (exact) mass is 645 g/mol. The summed E-state index contributed by atoms with van der Waals surface area (Å²) in [6.45, 7) is 6.03. The summed E-state index contributed by atoms with van der Waals surface area (Å²) in [6, 6.07) is 14.9. The number of carbonyl (C=O) groups excluding carboxylic acids is 1. The fourth-order valence-electron chi connectivity index (χ4n) is 4.41. The summed E-state index contributed by atoms with van der Waals surface area (Å²) in [6.07, 6.45) is 3.16. The van der Waals surface area contributed by atoms with Gasteiger partial charge < -0.3 is 18.7 Å². The number of hydrogen-bond donors (Lipinski definition) is 1. The molecule has 0 aliphatic carbocycles. The normalized spacial score (nSPS) is 13.9. The summed E-state index contributed by atoms with van der Waals surface area (Å²) in [5.41, 5.74) is 1.95. The molecule has 2 aromatic heterocycles. The van der Waals surface area contributed by atoms with Gasteiger partial charge in [-0.25, -0.2) is 8.42 Å². The molecule has 1 N–H and O–H groups in total. The number of ether oxygens (including phenoxy) is 3. The summed E-state index contributed by atoms with van der Waals surface area (Å²) in [5.74, 6) is 1.55. The number of allylic oxidation sites excluding steroid dienone is 1. The zero-order valence-corrected chi connectivity index (χ0v) is 26.1. The van der Waals surface area contributed by atoms with E-state index in [0.29, 0.717) is 42.6 Å². The predicted molar refractivity (Wildman–Crippen MR) is 168 cm³/mol. The third kappa shape index (κ3) is 8.24. The number of hydrogen-bond acceptors (Lipinski definition) is 10. The molecule has 0 radical (unpaired) electrons. The molecule has 0 bridgehead atoms. The highest BCUT2D eigenvalue weighted by Crippen LogP contribution is 2.39. The number of morpholine rings is 1. The van der Waals surface area contributed by atoms with Gasteiger partial charge in [-0.05, 0) is 60.9 Å². The van der Waals surface area contributed by atoms with Crippen LogP contribution in [-0.4, -0.2) is 70.8 Å². The van der Waals surface area contributed by atoms with Crippen molar-refractivity contribution in [2.45, 2.75) is 11.8 Å². The molecule has 1 aliphatic rings. The molecule has 228 valence electrons. The molecule has 13 heteroatoms. The Hall–Kier alpha value is -3.68. The molecule has 10 nitrogen and oxygen atoms in total. The van der Waals surface area contributed by atoms with Crippen molar-refractivity contribution >= 4 is 51.4 Å². The number of nitrogens with zero attached hydrogens (tertiary/aromatic N) is 2. The lowest BCUT2D eigenvalue weighted by molar-refractivity contribution is 0.0322. The van der Waals surface area contributed by atoms with Crippen LogP contribution in [0.3, 0.4) is 0 Å². The second-order valence-electron chi connectivity index (χ2n) is 9.52. The lowest BCUT2D eigenvalue weighted by Gasteiger charge is -2.26. The van der Waals surface area contributed by atoms with Crippen molar-refractivity contribution in [3.63, 3.8) is 0 Å². The Morgan fingerprint density at radius 1 is 1.12 bits per heavy atom. The highest BCUT2D eigenvalue weighted by Gasteiger charge is 2.18. The number of aromatic nitrogens is 1. The van der Waals surface area contributed by atoms with Crippen molar-refractivity contribution in [3.05, 3.63) is 82.9 Å². The maximum absolute atomic E-state index is 13.1. The molecule has 1 aliphatic heterocycles. The van der Waals surface area contributed by atoms with Gasteiger partial charge in [0.15, 0.2) is 11.6 Å². The molecule has 1 fully saturated rings. The number of carbonyl (C=O) groups is 1. The minimum absolute atomic E-state index is 0. The predicted octanol–water partition coefficient (Wildman–Crippen LogP) is 5.55. The van der Waals surface area contributed by atoms with E-state index in [2.05, 4.69) is 14.8 Å². The fourth-order valence-corrected chi connectivity index (χ4v) is 6.14. The number of sulfonamides is 1. The molecule has 2 aromatic carbocycles. The Morgan fingerprint density at radius 2 is 1.88 bits per heavy atom. The summed E-state index contributed by atoms with van der Waals surface area (Å²) < 4.78 is 49.9. The van der Waals surface area contributed by atoms with E-state index >= 15 is 0 Å². The Kier molecular flexibility index (Phi) is 11.0. The van der Waals surface area contributed by atoms with Gasteiger partial charge in [-0.15, -0.1) is 23.7 Å². The minimum Gasteiger partial charge on any atom is -0.496 e. The third-order valence-corrected chi connectivity index (χ3v) is 8.89. The number of halogens is 1. The van der Waals surface area contributed by atoms with Crippen molar-refractivity contribution in [1.82, 2.24) is 10.1 Å². The van der Waals surface area contributed by atoms with Gasteiger partial charge in [0.2, 0.25) is 0 Å². The van der Waals surface area contributed by atoms with Crippen LogP contribution in [0.15, 0.2) is 75.5 Å². The van der Waals surface area contributed by atoms with Crippen molar-refractivity contribution in [2.75, 3.05) is 51.3 Å². The van der Waals surface area contributed by atoms with Gasteiger partial charge in [-0.1, -0.05) is 11.2 Å². The van der Waals surface area contributed by atoms with Crippen molar-refractivity contribution in [3.8, 4) is 21.9 Å². The van der Waals surface area contributed by atoms with Crippen LogP contribution in [0.2, 0.25) is 0 Å². The van der Waals surface area contributed by atoms with Gasteiger partial charge in [-0.3, -0.25) is 14.4 Å². The number of rotatable bonds is 12. The topological polar surface area (TPSA) is 120 Å². The lowest BCUT2D eigenvalue weighted by Crippen LogP contribution is -2.38. The van der Waals surface area contributed by atoms with Gasteiger partial charge in [0.05, 0.1) is 25.2 Å². The molecular weight excluding hydrogens is 614 g/mol.